The maximum absolute atomic E-state index is 13.0. The predicted molar refractivity (Wildman–Crippen MR) is 131 cm³/mol. The van der Waals surface area contributed by atoms with Crippen LogP contribution in [0, 0.1) is 0 Å². The highest BCUT2D eigenvalue weighted by molar-refractivity contribution is 5.77. The molecule has 0 aliphatic rings. The Kier molecular flexibility index (Phi) is 7.93. The van der Waals surface area contributed by atoms with Gasteiger partial charge in [-0.05, 0) is 44.4 Å². The Morgan fingerprint density at radius 3 is 2.38 bits per heavy atom. The first-order chi connectivity index (χ1) is 16.2. The van der Waals surface area contributed by atoms with E-state index in [0.29, 0.717) is 55.3 Å². The van der Waals surface area contributed by atoms with Crippen LogP contribution in [0.15, 0.2) is 33.9 Å². The second kappa shape index (κ2) is 10.7. The molecule has 0 saturated heterocycles. The predicted octanol–water partition coefficient (Wildman–Crippen LogP) is 1.49. The van der Waals surface area contributed by atoms with Crippen LogP contribution in [0.4, 0.5) is 0 Å². The fourth-order valence-corrected chi connectivity index (χ4v) is 3.82. The molecule has 0 aliphatic heterocycles. The van der Waals surface area contributed by atoms with Crippen molar-refractivity contribution in [1.29, 1.82) is 0 Å². The molecule has 0 atom stereocenters. The highest BCUT2D eigenvalue weighted by Gasteiger charge is 2.29. The van der Waals surface area contributed by atoms with Gasteiger partial charge in [0.25, 0.3) is 11.5 Å². The SMILES string of the molecule is CCCn1c(=O)c2[nH]c(C(C)(C)c3ccc(OCC(=O)NCCN)cc3)nc2n(CCC)c1=O. The number of imidazole rings is 1. The van der Waals surface area contributed by atoms with Crippen molar-refractivity contribution in [2.24, 2.45) is 5.73 Å². The molecule has 0 aliphatic carbocycles. The first-order valence-electron chi connectivity index (χ1n) is 11.7. The fraction of sp³-hybridized carbons (Fsp3) is 0.500. The number of nitrogens with two attached hydrogens (primary N) is 1. The van der Waals surface area contributed by atoms with E-state index >= 15 is 0 Å². The van der Waals surface area contributed by atoms with Crippen LogP contribution >= 0.6 is 0 Å². The third-order valence-corrected chi connectivity index (χ3v) is 5.76. The molecule has 0 fully saturated rings. The van der Waals surface area contributed by atoms with E-state index in [2.05, 4.69) is 10.3 Å². The van der Waals surface area contributed by atoms with E-state index in [-0.39, 0.29) is 23.8 Å². The molecule has 4 N–H and O–H groups in total. The molecule has 0 bridgehead atoms. The number of amides is 1. The molecule has 10 heteroatoms. The molecule has 184 valence electrons. The number of carbonyl (C=O) groups is 1. The number of hydrogen-bond acceptors (Lipinski definition) is 6. The van der Waals surface area contributed by atoms with Gasteiger partial charge < -0.3 is 20.8 Å². The zero-order valence-corrected chi connectivity index (χ0v) is 20.3. The Hall–Kier alpha value is -3.40. The van der Waals surface area contributed by atoms with E-state index in [1.165, 1.54) is 4.57 Å². The molecule has 3 aromatic rings. The highest BCUT2D eigenvalue weighted by atomic mass is 16.5. The van der Waals surface area contributed by atoms with Crippen molar-refractivity contribution < 1.29 is 9.53 Å². The molecule has 34 heavy (non-hydrogen) atoms. The van der Waals surface area contributed by atoms with Crippen molar-refractivity contribution in [3.8, 4) is 5.75 Å². The summed E-state index contributed by atoms with van der Waals surface area (Å²) in [5.41, 5.74) is 5.79. The number of benzene rings is 1. The average Bonchev–Trinajstić information content (AvgIpc) is 3.28. The molecular formula is C24H34N6O4. The number of aromatic nitrogens is 4. The molecule has 2 heterocycles. The normalized spacial score (nSPS) is 11.7. The van der Waals surface area contributed by atoms with Crippen molar-refractivity contribution >= 4 is 17.1 Å². The van der Waals surface area contributed by atoms with Gasteiger partial charge in [0.05, 0.1) is 0 Å². The number of H-pyrrole nitrogens is 1. The van der Waals surface area contributed by atoms with Gasteiger partial charge in [-0.25, -0.2) is 9.78 Å². The lowest BCUT2D eigenvalue weighted by atomic mass is 9.84. The number of rotatable bonds is 11. The molecule has 10 nitrogen and oxygen atoms in total. The average molecular weight is 471 g/mol. The summed E-state index contributed by atoms with van der Waals surface area (Å²) in [6.07, 6.45) is 1.43. The molecule has 1 aromatic carbocycles. The van der Waals surface area contributed by atoms with Crippen LogP contribution in [-0.4, -0.2) is 44.7 Å². The van der Waals surface area contributed by atoms with E-state index in [1.807, 2.05) is 39.8 Å². The van der Waals surface area contributed by atoms with Crippen LogP contribution in [-0.2, 0) is 23.3 Å². The van der Waals surface area contributed by atoms with E-state index in [0.717, 1.165) is 12.0 Å². The Morgan fingerprint density at radius 1 is 1.12 bits per heavy atom. The Labute approximate surface area is 198 Å². The Bertz CT molecular complexity index is 1250. The minimum atomic E-state index is -0.578. The third-order valence-electron chi connectivity index (χ3n) is 5.76. The minimum absolute atomic E-state index is 0.0920. The van der Waals surface area contributed by atoms with Gasteiger partial charge in [0, 0.05) is 31.6 Å². The lowest BCUT2D eigenvalue weighted by Gasteiger charge is -2.23. The largest absolute Gasteiger partial charge is 0.484 e. The highest BCUT2D eigenvalue weighted by Crippen LogP contribution is 2.31. The zero-order valence-electron chi connectivity index (χ0n) is 20.3. The Balaban J connectivity index is 1.93. The van der Waals surface area contributed by atoms with Gasteiger partial charge in [-0.1, -0.05) is 26.0 Å². The number of fused-ring (bicyclic) bond motifs is 1. The monoisotopic (exact) mass is 470 g/mol. The molecule has 2 aromatic heterocycles. The summed E-state index contributed by atoms with van der Waals surface area (Å²) in [6, 6.07) is 7.37. The van der Waals surface area contributed by atoms with E-state index in [4.69, 9.17) is 15.5 Å². The van der Waals surface area contributed by atoms with Gasteiger partial charge in [-0.15, -0.1) is 0 Å². The molecule has 0 saturated carbocycles. The topological polar surface area (TPSA) is 137 Å². The van der Waals surface area contributed by atoms with Crippen molar-refractivity contribution in [2.45, 2.75) is 59.0 Å². The number of nitrogens with zero attached hydrogens (tertiary/aromatic N) is 3. The van der Waals surface area contributed by atoms with Crippen molar-refractivity contribution in [3.63, 3.8) is 0 Å². The number of aryl methyl sites for hydroxylation is 1. The van der Waals surface area contributed by atoms with Crippen LogP contribution in [0.3, 0.4) is 0 Å². The van der Waals surface area contributed by atoms with Gasteiger partial charge in [0.2, 0.25) is 0 Å². The van der Waals surface area contributed by atoms with Gasteiger partial charge in [0.15, 0.2) is 12.3 Å². The first-order valence-corrected chi connectivity index (χ1v) is 11.7. The number of ether oxygens (including phenoxy) is 1. The van der Waals surface area contributed by atoms with E-state index in [9.17, 15) is 14.4 Å². The smallest absolute Gasteiger partial charge is 0.332 e. The summed E-state index contributed by atoms with van der Waals surface area (Å²) in [4.78, 5) is 45.6. The van der Waals surface area contributed by atoms with E-state index in [1.54, 1.807) is 16.7 Å². The molecule has 0 radical (unpaired) electrons. The summed E-state index contributed by atoms with van der Waals surface area (Å²) < 4.78 is 8.39. The zero-order chi connectivity index (χ0) is 24.9. The third kappa shape index (κ3) is 5.06. The summed E-state index contributed by atoms with van der Waals surface area (Å²) in [6.45, 7) is 9.43. The standard InChI is InChI=1S/C24H34N6O4/c1-5-13-29-20-19(21(32)30(14-6-2)23(29)33)27-22(28-20)24(3,4)16-7-9-17(10-8-16)34-15-18(31)26-12-11-25/h7-10H,5-6,11-15,25H2,1-4H3,(H,26,31)(H,27,28). The molecular weight excluding hydrogens is 436 g/mol. The van der Waals surface area contributed by atoms with Gasteiger partial charge in [-0.3, -0.25) is 18.7 Å². The fourth-order valence-electron chi connectivity index (χ4n) is 3.82. The summed E-state index contributed by atoms with van der Waals surface area (Å²) in [7, 11) is 0. The summed E-state index contributed by atoms with van der Waals surface area (Å²) >= 11 is 0. The van der Waals surface area contributed by atoms with Crippen LogP contribution in [0.25, 0.3) is 11.2 Å². The number of nitrogens with one attached hydrogen (secondary N) is 2. The van der Waals surface area contributed by atoms with Gasteiger partial charge in [0.1, 0.15) is 17.1 Å². The summed E-state index contributed by atoms with van der Waals surface area (Å²) in [5, 5.41) is 2.65. The van der Waals surface area contributed by atoms with Gasteiger partial charge in [-0.2, -0.15) is 0 Å². The molecule has 0 unspecified atom stereocenters. The second-order valence-electron chi connectivity index (χ2n) is 8.75. The van der Waals surface area contributed by atoms with Crippen LogP contribution < -0.4 is 27.0 Å². The van der Waals surface area contributed by atoms with Crippen molar-refractivity contribution in [1.82, 2.24) is 24.4 Å². The van der Waals surface area contributed by atoms with Crippen LogP contribution in [0.2, 0.25) is 0 Å². The van der Waals surface area contributed by atoms with Gasteiger partial charge >= 0.3 is 5.69 Å². The maximum Gasteiger partial charge on any atom is 0.332 e. The number of hydrogen-bond donors (Lipinski definition) is 3. The van der Waals surface area contributed by atoms with Crippen molar-refractivity contribution in [2.75, 3.05) is 19.7 Å². The van der Waals surface area contributed by atoms with Crippen LogP contribution in [0.1, 0.15) is 51.9 Å². The number of aromatic amines is 1. The lowest BCUT2D eigenvalue weighted by Crippen LogP contribution is -2.40. The minimum Gasteiger partial charge on any atom is -0.484 e. The van der Waals surface area contributed by atoms with E-state index < -0.39 is 5.41 Å². The quantitative estimate of drug-likeness (QED) is 0.388. The van der Waals surface area contributed by atoms with Crippen molar-refractivity contribution in [3.05, 3.63) is 56.5 Å². The maximum atomic E-state index is 13.0. The molecule has 1 amide bonds. The lowest BCUT2D eigenvalue weighted by molar-refractivity contribution is -0.123. The molecule has 0 spiro atoms. The molecule has 3 rings (SSSR count). The Morgan fingerprint density at radius 2 is 1.76 bits per heavy atom. The second-order valence-corrected chi connectivity index (χ2v) is 8.75. The first kappa shape index (κ1) is 25.2. The number of carbonyl (C=O) groups excluding carboxylic acids is 1. The van der Waals surface area contributed by atoms with Crippen LogP contribution in [0.5, 0.6) is 5.75 Å². The summed E-state index contributed by atoms with van der Waals surface area (Å²) in [5.74, 6) is 0.920.